The molecule has 3 rings (SSSR count). The van der Waals surface area contributed by atoms with E-state index in [1.54, 1.807) is 12.1 Å². The maximum absolute atomic E-state index is 12.4. The summed E-state index contributed by atoms with van der Waals surface area (Å²) in [4.78, 5) is 38.5. The summed E-state index contributed by atoms with van der Waals surface area (Å²) in [5.41, 5.74) is 0. The molecule has 0 bridgehead atoms. The molecule has 7 heteroatoms. The average Bonchev–Trinajstić information content (AvgIpc) is 3.20. The van der Waals surface area contributed by atoms with E-state index in [1.807, 2.05) is 4.90 Å². The number of amides is 2. The zero-order chi connectivity index (χ0) is 18.0. The number of hydrogen-bond acceptors (Lipinski definition) is 4. The first kappa shape index (κ1) is 17.9. The van der Waals surface area contributed by atoms with Gasteiger partial charge in [0.1, 0.15) is 4.88 Å². The molecule has 1 aromatic rings. The lowest BCUT2D eigenvalue weighted by Gasteiger charge is -2.33. The van der Waals surface area contributed by atoms with Crippen LogP contribution >= 0.6 is 11.3 Å². The molecule has 1 aliphatic carbocycles. The van der Waals surface area contributed by atoms with Gasteiger partial charge < -0.3 is 15.3 Å². The van der Waals surface area contributed by atoms with Gasteiger partial charge >= 0.3 is 5.97 Å². The number of carbonyl (C=O) groups is 3. The monoisotopic (exact) mass is 364 g/mol. The number of nitrogens with zero attached hydrogens (tertiary/aromatic N) is 1. The highest BCUT2D eigenvalue weighted by Crippen LogP contribution is 2.31. The second-order valence-corrected chi connectivity index (χ2v) is 8.32. The smallest absolute Gasteiger partial charge is 0.345 e. The molecule has 1 saturated heterocycles. The Morgan fingerprint density at radius 1 is 1.28 bits per heavy atom. The Labute approximate surface area is 151 Å². The molecule has 1 saturated carbocycles. The van der Waals surface area contributed by atoms with Gasteiger partial charge in [-0.2, -0.15) is 0 Å². The van der Waals surface area contributed by atoms with Crippen LogP contribution in [0.4, 0.5) is 0 Å². The highest BCUT2D eigenvalue weighted by Gasteiger charge is 2.38. The summed E-state index contributed by atoms with van der Waals surface area (Å²) in [5, 5.41) is 11.8. The van der Waals surface area contributed by atoms with Crippen molar-refractivity contribution in [2.75, 3.05) is 6.54 Å². The van der Waals surface area contributed by atoms with E-state index in [2.05, 4.69) is 12.2 Å². The Hall–Kier alpha value is -1.89. The molecule has 1 atom stereocenters. The first-order valence-electron chi connectivity index (χ1n) is 8.83. The fraction of sp³-hybridized carbons (Fsp3) is 0.611. The minimum atomic E-state index is -0.957. The standard InChI is InChI=1S/C18H24N2O4S/c1-11-2-4-13(5-3-11)20-10-12(8-16(20)21)17(22)19-9-14-6-7-15(25-14)18(23)24/h6-7,11-13H,2-5,8-10H2,1H3,(H,19,22)(H,23,24). The zero-order valence-corrected chi connectivity index (χ0v) is 15.2. The van der Waals surface area contributed by atoms with Crippen molar-refractivity contribution < 1.29 is 19.5 Å². The van der Waals surface area contributed by atoms with Crippen molar-refractivity contribution in [1.29, 1.82) is 0 Å². The molecule has 0 radical (unpaired) electrons. The molecular formula is C18H24N2O4S. The quantitative estimate of drug-likeness (QED) is 0.840. The van der Waals surface area contributed by atoms with Gasteiger partial charge in [0.15, 0.2) is 0 Å². The molecule has 136 valence electrons. The first-order chi connectivity index (χ1) is 11.9. The Morgan fingerprint density at radius 3 is 2.64 bits per heavy atom. The van der Waals surface area contributed by atoms with Gasteiger partial charge in [-0.05, 0) is 43.7 Å². The largest absolute Gasteiger partial charge is 0.477 e. The van der Waals surface area contributed by atoms with E-state index in [4.69, 9.17) is 5.11 Å². The Kier molecular flexibility index (Phi) is 5.42. The lowest BCUT2D eigenvalue weighted by atomic mass is 9.87. The molecule has 0 spiro atoms. The van der Waals surface area contributed by atoms with E-state index < -0.39 is 5.97 Å². The van der Waals surface area contributed by atoms with Crippen molar-refractivity contribution >= 4 is 29.1 Å². The molecule has 2 aliphatic rings. The molecule has 2 heterocycles. The van der Waals surface area contributed by atoms with Crippen LogP contribution in [-0.2, 0) is 16.1 Å². The molecule has 0 aromatic carbocycles. The topological polar surface area (TPSA) is 86.7 Å². The van der Waals surface area contributed by atoms with Gasteiger partial charge in [0.05, 0.1) is 12.5 Å². The number of carbonyl (C=O) groups excluding carboxylic acids is 2. The number of carboxylic acid groups (broad SMARTS) is 1. The van der Waals surface area contributed by atoms with Gasteiger partial charge in [0.25, 0.3) is 0 Å². The van der Waals surface area contributed by atoms with Crippen LogP contribution in [0.3, 0.4) is 0 Å². The number of aromatic carboxylic acids is 1. The van der Waals surface area contributed by atoms with Crippen LogP contribution in [0, 0.1) is 11.8 Å². The predicted molar refractivity (Wildman–Crippen MR) is 94.4 cm³/mol. The fourth-order valence-corrected chi connectivity index (χ4v) is 4.51. The van der Waals surface area contributed by atoms with Crippen molar-refractivity contribution in [3.8, 4) is 0 Å². The van der Waals surface area contributed by atoms with E-state index in [0.717, 1.165) is 47.8 Å². The third kappa shape index (κ3) is 4.21. The van der Waals surface area contributed by atoms with E-state index in [9.17, 15) is 14.4 Å². The van der Waals surface area contributed by atoms with Crippen LogP contribution in [0.1, 0.15) is 53.6 Å². The van der Waals surface area contributed by atoms with Crippen LogP contribution < -0.4 is 5.32 Å². The van der Waals surface area contributed by atoms with Gasteiger partial charge in [-0.15, -0.1) is 11.3 Å². The lowest BCUT2D eigenvalue weighted by molar-refractivity contribution is -0.131. The Balaban J connectivity index is 1.51. The molecular weight excluding hydrogens is 340 g/mol. The van der Waals surface area contributed by atoms with Gasteiger partial charge in [0.2, 0.25) is 11.8 Å². The third-order valence-electron chi connectivity index (χ3n) is 5.26. The molecule has 25 heavy (non-hydrogen) atoms. The second-order valence-electron chi connectivity index (χ2n) is 7.15. The van der Waals surface area contributed by atoms with E-state index in [0.29, 0.717) is 13.1 Å². The summed E-state index contributed by atoms with van der Waals surface area (Å²) in [7, 11) is 0. The lowest BCUT2D eigenvalue weighted by Crippen LogP contribution is -2.40. The van der Waals surface area contributed by atoms with E-state index in [-0.39, 0.29) is 35.1 Å². The maximum atomic E-state index is 12.4. The van der Waals surface area contributed by atoms with Crippen molar-refractivity contribution in [2.24, 2.45) is 11.8 Å². The van der Waals surface area contributed by atoms with Gasteiger partial charge in [-0.1, -0.05) is 6.92 Å². The van der Waals surface area contributed by atoms with Gasteiger partial charge in [-0.3, -0.25) is 9.59 Å². The molecule has 2 N–H and O–H groups in total. The molecule has 1 aromatic heterocycles. The Bertz CT molecular complexity index is 664. The summed E-state index contributed by atoms with van der Waals surface area (Å²) in [6.07, 6.45) is 4.65. The van der Waals surface area contributed by atoms with Gasteiger partial charge in [-0.25, -0.2) is 4.79 Å². The van der Waals surface area contributed by atoms with E-state index >= 15 is 0 Å². The summed E-state index contributed by atoms with van der Waals surface area (Å²) < 4.78 is 0. The highest BCUT2D eigenvalue weighted by molar-refractivity contribution is 7.13. The van der Waals surface area contributed by atoms with E-state index in [1.165, 1.54) is 0 Å². The predicted octanol–water partition coefficient (Wildman–Crippen LogP) is 2.49. The SMILES string of the molecule is CC1CCC(N2CC(C(=O)NCc3ccc(C(=O)O)s3)CC2=O)CC1. The summed E-state index contributed by atoms with van der Waals surface area (Å²) in [6.45, 7) is 3.07. The van der Waals surface area contributed by atoms with Crippen molar-refractivity contribution in [2.45, 2.75) is 51.6 Å². The van der Waals surface area contributed by atoms with Gasteiger partial charge in [0, 0.05) is 23.9 Å². The number of thiophene rings is 1. The zero-order valence-electron chi connectivity index (χ0n) is 14.4. The minimum absolute atomic E-state index is 0.0870. The minimum Gasteiger partial charge on any atom is -0.477 e. The average molecular weight is 364 g/mol. The van der Waals surface area contributed by atoms with Crippen LogP contribution in [0.15, 0.2) is 12.1 Å². The van der Waals surface area contributed by atoms with Crippen LogP contribution in [0.5, 0.6) is 0 Å². The maximum Gasteiger partial charge on any atom is 0.345 e. The summed E-state index contributed by atoms with van der Waals surface area (Å²) in [5.74, 6) is -0.559. The molecule has 1 aliphatic heterocycles. The number of nitrogens with one attached hydrogen (secondary N) is 1. The molecule has 1 unspecified atom stereocenters. The van der Waals surface area contributed by atoms with Crippen LogP contribution in [0.25, 0.3) is 0 Å². The van der Waals surface area contributed by atoms with Crippen molar-refractivity contribution in [1.82, 2.24) is 10.2 Å². The first-order valence-corrected chi connectivity index (χ1v) is 9.65. The Morgan fingerprint density at radius 2 is 2.00 bits per heavy atom. The molecule has 2 fully saturated rings. The number of likely N-dealkylation sites (tertiary alicyclic amines) is 1. The fourth-order valence-electron chi connectivity index (χ4n) is 3.72. The number of carboxylic acids is 1. The number of rotatable bonds is 5. The summed E-state index contributed by atoms with van der Waals surface area (Å²) in [6, 6.07) is 3.54. The highest BCUT2D eigenvalue weighted by atomic mass is 32.1. The van der Waals surface area contributed by atoms with Crippen LogP contribution in [-0.4, -0.2) is 40.4 Å². The normalized spacial score (nSPS) is 26.7. The number of hydrogen-bond donors (Lipinski definition) is 2. The van der Waals surface area contributed by atoms with Crippen LogP contribution in [0.2, 0.25) is 0 Å². The third-order valence-corrected chi connectivity index (χ3v) is 6.34. The molecule has 6 nitrogen and oxygen atoms in total. The molecule has 2 amide bonds. The van der Waals surface area contributed by atoms with Crippen molar-refractivity contribution in [3.63, 3.8) is 0 Å². The van der Waals surface area contributed by atoms with Crippen molar-refractivity contribution in [3.05, 3.63) is 21.9 Å². The summed E-state index contributed by atoms with van der Waals surface area (Å²) >= 11 is 1.16. The second kappa shape index (κ2) is 7.56.